The summed E-state index contributed by atoms with van der Waals surface area (Å²) in [5, 5.41) is 9.71. The van der Waals surface area contributed by atoms with Crippen LogP contribution in [0.5, 0.6) is 0 Å². The van der Waals surface area contributed by atoms with Crippen LogP contribution in [0.3, 0.4) is 0 Å². The van der Waals surface area contributed by atoms with Gasteiger partial charge in [-0.1, -0.05) is 12.1 Å². The highest BCUT2D eigenvalue weighted by molar-refractivity contribution is 5.44. The normalized spacial score (nSPS) is 24.5. The Balaban J connectivity index is 2.16. The van der Waals surface area contributed by atoms with Gasteiger partial charge in [0, 0.05) is 0 Å². The first kappa shape index (κ1) is 7.57. The van der Waals surface area contributed by atoms with Crippen molar-refractivity contribution in [1.82, 2.24) is 0 Å². The lowest BCUT2D eigenvalue weighted by Gasteiger charge is -2.06. The maximum Gasteiger partial charge on any atom is 0.0796 e. The molecule has 0 saturated carbocycles. The molecule has 1 unspecified atom stereocenters. The first-order valence-corrected chi connectivity index (χ1v) is 5.17. The van der Waals surface area contributed by atoms with Crippen LogP contribution < -0.4 is 0 Å². The minimum atomic E-state index is -0.180. The summed E-state index contributed by atoms with van der Waals surface area (Å²) < 4.78 is 0. The van der Waals surface area contributed by atoms with Crippen LogP contribution in [-0.2, 0) is 19.3 Å². The fourth-order valence-corrected chi connectivity index (χ4v) is 2.67. The monoisotopic (exact) mass is 174 g/mol. The van der Waals surface area contributed by atoms with Crippen molar-refractivity contribution in [3.05, 3.63) is 34.4 Å². The van der Waals surface area contributed by atoms with Crippen molar-refractivity contribution in [3.8, 4) is 0 Å². The Hall–Kier alpha value is -0.820. The van der Waals surface area contributed by atoms with Crippen LogP contribution in [0.1, 0.15) is 41.2 Å². The van der Waals surface area contributed by atoms with Gasteiger partial charge in [0.15, 0.2) is 0 Å². The second-order valence-electron chi connectivity index (χ2n) is 4.23. The van der Waals surface area contributed by atoms with Gasteiger partial charge in [-0.15, -0.1) is 0 Å². The van der Waals surface area contributed by atoms with Crippen LogP contribution in [0.25, 0.3) is 0 Å². The highest BCUT2D eigenvalue weighted by Crippen LogP contribution is 2.35. The van der Waals surface area contributed by atoms with Crippen LogP contribution in [0.2, 0.25) is 0 Å². The molecule has 0 bridgehead atoms. The maximum atomic E-state index is 9.71. The van der Waals surface area contributed by atoms with Crippen molar-refractivity contribution >= 4 is 0 Å². The second kappa shape index (κ2) is 2.58. The number of hydrogen-bond acceptors (Lipinski definition) is 1. The first-order chi connectivity index (χ1) is 6.34. The molecule has 0 saturated heterocycles. The van der Waals surface area contributed by atoms with Gasteiger partial charge in [-0.05, 0) is 54.4 Å². The molecule has 1 N–H and O–H groups in total. The molecular formula is C12H14O. The minimum Gasteiger partial charge on any atom is -0.388 e. The van der Waals surface area contributed by atoms with E-state index in [9.17, 15) is 5.11 Å². The molecular weight excluding hydrogens is 160 g/mol. The van der Waals surface area contributed by atoms with E-state index in [1.807, 2.05) is 0 Å². The average Bonchev–Trinajstić information content (AvgIpc) is 2.70. The summed E-state index contributed by atoms with van der Waals surface area (Å²) in [6.07, 6.45) is 5.59. The summed E-state index contributed by atoms with van der Waals surface area (Å²) in [5.41, 5.74) is 5.63. The predicted molar refractivity (Wildman–Crippen MR) is 51.7 cm³/mol. The lowest BCUT2D eigenvalue weighted by molar-refractivity contribution is 0.180. The van der Waals surface area contributed by atoms with Gasteiger partial charge in [0.25, 0.3) is 0 Å². The molecule has 1 heteroatoms. The van der Waals surface area contributed by atoms with Gasteiger partial charge >= 0.3 is 0 Å². The van der Waals surface area contributed by atoms with Gasteiger partial charge in [-0.25, -0.2) is 0 Å². The molecule has 1 nitrogen and oxygen atoms in total. The number of aryl methyl sites for hydroxylation is 3. The molecule has 0 radical (unpaired) electrons. The van der Waals surface area contributed by atoms with Crippen molar-refractivity contribution in [2.75, 3.05) is 0 Å². The summed E-state index contributed by atoms with van der Waals surface area (Å²) in [6, 6.07) is 4.57. The van der Waals surface area contributed by atoms with Crippen molar-refractivity contribution in [3.63, 3.8) is 0 Å². The standard InChI is InChI=1S/C12H14O/c13-12-5-4-10-6-8-2-1-3-9(8)7-11(10)12/h6-7,12-13H,1-5H2. The molecule has 0 fully saturated rings. The van der Waals surface area contributed by atoms with Crippen LogP contribution in [-0.4, -0.2) is 5.11 Å². The zero-order valence-corrected chi connectivity index (χ0v) is 7.71. The number of benzene rings is 1. The van der Waals surface area contributed by atoms with Crippen LogP contribution in [0.4, 0.5) is 0 Å². The van der Waals surface area contributed by atoms with Gasteiger partial charge in [0.1, 0.15) is 0 Å². The Bertz CT molecular complexity index is 354. The minimum absolute atomic E-state index is 0.180. The highest BCUT2D eigenvalue weighted by Gasteiger charge is 2.23. The molecule has 1 aromatic rings. The quantitative estimate of drug-likeness (QED) is 0.639. The van der Waals surface area contributed by atoms with Gasteiger partial charge < -0.3 is 5.11 Å². The molecule has 2 aliphatic rings. The van der Waals surface area contributed by atoms with Crippen molar-refractivity contribution < 1.29 is 5.11 Å². The van der Waals surface area contributed by atoms with E-state index in [0.29, 0.717) is 0 Å². The van der Waals surface area contributed by atoms with Crippen LogP contribution >= 0.6 is 0 Å². The first-order valence-electron chi connectivity index (χ1n) is 5.17. The summed E-state index contributed by atoms with van der Waals surface area (Å²) in [5.74, 6) is 0. The zero-order chi connectivity index (χ0) is 8.84. The third-order valence-corrected chi connectivity index (χ3v) is 3.40. The Labute approximate surface area is 78.4 Å². The van der Waals surface area contributed by atoms with Crippen molar-refractivity contribution in [2.45, 2.75) is 38.2 Å². The fraction of sp³-hybridized carbons (Fsp3) is 0.500. The highest BCUT2D eigenvalue weighted by atomic mass is 16.3. The number of hydrogen-bond donors (Lipinski definition) is 1. The third kappa shape index (κ3) is 1.03. The predicted octanol–water partition coefficient (Wildman–Crippen LogP) is 2.15. The molecule has 0 amide bonds. The van der Waals surface area contributed by atoms with E-state index in [2.05, 4.69) is 12.1 Å². The Morgan fingerprint density at radius 1 is 1.00 bits per heavy atom. The summed E-state index contributed by atoms with van der Waals surface area (Å²) in [4.78, 5) is 0. The van der Waals surface area contributed by atoms with Crippen LogP contribution in [0.15, 0.2) is 12.1 Å². The molecule has 2 aliphatic carbocycles. The molecule has 68 valence electrons. The molecule has 1 atom stereocenters. The van der Waals surface area contributed by atoms with Gasteiger partial charge in [-0.2, -0.15) is 0 Å². The van der Waals surface area contributed by atoms with E-state index < -0.39 is 0 Å². The average molecular weight is 174 g/mol. The third-order valence-electron chi connectivity index (χ3n) is 3.40. The molecule has 0 heterocycles. The van der Waals surface area contributed by atoms with Gasteiger partial charge in [-0.3, -0.25) is 0 Å². The smallest absolute Gasteiger partial charge is 0.0796 e. The number of aliphatic hydroxyl groups excluding tert-OH is 1. The Morgan fingerprint density at radius 3 is 2.62 bits per heavy atom. The Morgan fingerprint density at radius 2 is 1.77 bits per heavy atom. The van der Waals surface area contributed by atoms with Gasteiger partial charge in [0.2, 0.25) is 0 Å². The lowest BCUT2D eigenvalue weighted by atomic mass is 10.0. The molecule has 13 heavy (non-hydrogen) atoms. The van der Waals surface area contributed by atoms with E-state index in [1.165, 1.54) is 41.5 Å². The van der Waals surface area contributed by atoms with E-state index in [4.69, 9.17) is 0 Å². The maximum absolute atomic E-state index is 9.71. The van der Waals surface area contributed by atoms with Crippen molar-refractivity contribution in [2.24, 2.45) is 0 Å². The summed E-state index contributed by atoms with van der Waals surface area (Å²) >= 11 is 0. The largest absolute Gasteiger partial charge is 0.388 e. The van der Waals surface area contributed by atoms with Gasteiger partial charge in [0.05, 0.1) is 6.10 Å². The molecule has 0 spiro atoms. The molecule has 0 aromatic heterocycles. The molecule has 1 aromatic carbocycles. The van der Waals surface area contributed by atoms with E-state index in [0.717, 1.165) is 12.8 Å². The van der Waals surface area contributed by atoms with Crippen molar-refractivity contribution in [1.29, 1.82) is 0 Å². The molecule has 3 rings (SSSR count). The number of aliphatic hydroxyl groups is 1. The zero-order valence-electron chi connectivity index (χ0n) is 7.71. The molecule has 0 aliphatic heterocycles. The van der Waals surface area contributed by atoms with E-state index >= 15 is 0 Å². The van der Waals surface area contributed by atoms with Crippen LogP contribution in [0, 0.1) is 0 Å². The summed E-state index contributed by atoms with van der Waals surface area (Å²) in [6.45, 7) is 0. The Kier molecular flexibility index (Phi) is 1.50. The lowest BCUT2D eigenvalue weighted by Crippen LogP contribution is -1.93. The number of fused-ring (bicyclic) bond motifs is 2. The van der Waals surface area contributed by atoms with E-state index in [-0.39, 0.29) is 6.10 Å². The SMILES string of the molecule is OC1CCc2cc3c(cc21)CCC3. The number of rotatable bonds is 0. The van der Waals surface area contributed by atoms with E-state index in [1.54, 1.807) is 0 Å². The summed E-state index contributed by atoms with van der Waals surface area (Å²) in [7, 11) is 0. The second-order valence-corrected chi connectivity index (χ2v) is 4.23. The fourth-order valence-electron chi connectivity index (χ4n) is 2.67. The topological polar surface area (TPSA) is 20.2 Å².